The molecular weight excluding hydrogens is 686 g/mol. The number of halogens is 2. The lowest BCUT2D eigenvalue weighted by molar-refractivity contribution is 0.374. The highest BCUT2D eigenvalue weighted by atomic mass is 127. The Morgan fingerprint density at radius 2 is 0.750 bits per heavy atom. The normalized spacial score (nSPS) is 11.1. The van der Waals surface area contributed by atoms with E-state index in [1.165, 1.54) is 0 Å². The molecule has 0 saturated carbocycles. The minimum absolute atomic E-state index is 0.672. The van der Waals surface area contributed by atoms with Crippen LogP contribution in [0.5, 0.6) is 34.5 Å². The van der Waals surface area contributed by atoms with Gasteiger partial charge in [-0.15, -0.1) is 0 Å². The first-order valence-electron chi connectivity index (χ1n) is 10.8. The standard InChI is InChI=1S/C28H28I2O6/c1-31-19-13-25(33-3)21(26(14-19)34-4)9-7-17-11-24(30)18(12-23(17)29)8-10-22-27(35-5)15-20(32-2)16-28(22)36-6/h7-16H,1-6H3/b9-7+,10-8+. The van der Waals surface area contributed by atoms with Crippen LogP contribution in [0.25, 0.3) is 24.3 Å². The number of rotatable bonds is 10. The summed E-state index contributed by atoms with van der Waals surface area (Å²) < 4.78 is 35.2. The lowest BCUT2D eigenvalue weighted by Gasteiger charge is -2.13. The van der Waals surface area contributed by atoms with Crippen LogP contribution in [0.1, 0.15) is 22.3 Å². The molecule has 0 aliphatic heterocycles. The van der Waals surface area contributed by atoms with Gasteiger partial charge in [0, 0.05) is 31.4 Å². The fourth-order valence-electron chi connectivity index (χ4n) is 3.57. The summed E-state index contributed by atoms with van der Waals surface area (Å²) in [5, 5.41) is 0. The molecule has 0 amide bonds. The SMILES string of the molecule is COc1cc(OC)c(/C=C/c2cc(I)c(/C=C/c3c(OC)cc(OC)cc3OC)cc2I)c(OC)c1. The van der Waals surface area contributed by atoms with E-state index in [4.69, 9.17) is 28.4 Å². The number of benzene rings is 3. The maximum Gasteiger partial charge on any atom is 0.133 e. The molecule has 0 N–H and O–H groups in total. The lowest BCUT2D eigenvalue weighted by atomic mass is 10.1. The predicted molar refractivity (Wildman–Crippen MR) is 162 cm³/mol. The van der Waals surface area contributed by atoms with Crippen LogP contribution in [0.15, 0.2) is 36.4 Å². The molecule has 0 bridgehead atoms. The minimum Gasteiger partial charge on any atom is -0.496 e. The van der Waals surface area contributed by atoms with Crippen molar-refractivity contribution in [1.29, 1.82) is 0 Å². The average molecular weight is 714 g/mol. The first-order chi connectivity index (χ1) is 17.4. The van der Waals surface area contributed by atoms with Crippen LogP contribution < -0.4 is 28.4 Å². The van der Waals surface area contributed by atoms with Crippen LogP contribution in [-0.4, -0.2) is 42.7 Å². The number of hydrogen-bond donors (Lipinski definition) is 0. The summed E-state index contributed by atoms with van der Waals surface area (Å²) in [6.07, 6.45) is 8.10. The Labute approximate surface area is 239 Å². The molecule has 0 atom stereocenters. The first kappa shape index (κ1) is 28.0. The van der Waals surface area contributed by atoms with E-state index < -0.39 is 0 Å². The van der Waals surface area contributed by atoms with Crippen molar-refractivity contribution in [3.8, 4) is 34.5 Å². The van der Waals surface area contributed by atoms with Crippen molar-refractivity contribution < 1.29 is 28.4 Å². The third-order valence-corrected chi connectivity index (χ3v) is 7.35. The second-order valence-electron chi connectivity index (χ2n) is 7.45. The van der Waals surface area contributed by atoms with Gasteiger partial charge in [-0.25, -0.2) is 0 Å². The lowest BCUT2D eigenvalue weighted by Crippen LogP contribution is -1.95. The maximum absolute atomic E-state index is 5.57. The molecule has 190 valence electrons. The summed E-state index contributed by atoms with van der Waals surface area (Å²) >= 11 is 4.70. The molecule has 0 unspecified atom stereocenters. The van der Waals surface area contributed by atoms with Gasteiger partial charge < -0.3 is 28.4 Å². The zero-order valence-corrected chi connectivity index (χ0v) is 25.3. The van der Waals surface area contributed by atoms with Gasteiger partial charge in [-0.05, 0) is 80.6 Å². The van der Waals surface area contributed by atoms with Crippen molar-refractivity contribution in [2.75, 3.05) is 42.7 Å². The van der Waals surface area contributed by atoms with Crippen molar-refractivity contribution >= 4 is 69.5 Å². The van der Waals surface area contributed by atoms with Gasteiger partial charge in [-0.1, -0.05) is 12.2 Å². The fourth-order valence-corrected chi connectivity index (χ4v) is 4.92. The molecule has 0 aliphatic rings. The Morgan fingerprint density at radius 1 is 0.444 bits per heavy atom. The first-order valence-corrected chi connectivity index (χ1v) is 13.0. The van der Waals surface area contributed by atoms with E-state index in [-0.39, 0.29) is 0 Å². The second kappa shape index (κ2) is 13.1. The van der Waals surface area contributed by atoms with Crippen LogP contribution in [0.3, 0.4) is 0 Å². The van der Waals surface area contributed by atoms with E-state index in [2.05, 4.69) is 69.5 Å². The van der Waals surface area contributed by atoms with Gasteiger partial charge >= 0.3 is 0 Å². The number of hydrogen-bond acceptors (Lipinski definition) is 6. The summed E-state index contributed by atoms with van der Waals surface area (Å²) in [7, 11) is 9.76. The van der Waals surface area contributed by atoms with E-state index in [1.54, 1.807) is 42.7 Å². The fraction of sp³-hybridized carbons (Fsp3) is 0.214. The number of methoxy groups -OCH3 is 6. The third kappa shape index (κ3) is 6.39. The van der Waals surface area contributed by atoms with Crippen molar-refractivity contribution in [3.63, 3.8) is 0 Å². The van der Waals surface area contributed by atoms with Crippen molar-refractivity contribution in [3.05, 3.63) is 65.8 Å². The molecule has 36 heavy (non-hydrogen) atoms. The van der Waals surface area contributed by atoms with E-state index in [1.807, 2.05) is 36.4 Å². The molecule has 8 heteroatoms. The van der Waals surface area contributed by atoms with Crippen molar-refractivity contribution in [1.82, 2.24) is 0 Å². The molecular formula is C28H28I2O6. The largest absolute Gasteiger partial charge is 0.496 e. The zero-order chi connectivity index (χ0) is 26.2. The molecule has 0 aromatic heterocycles. The molecule has 0 heterocycles. The maximum atomic E-state index is 5.57. The van der Waals surface area contributed by atoms with Crippen LogP contribution in [0.4, 0.5) is 0 Å². The summed E-state index contributed by atoms with van der Waals surface area (Å²) in [6, 6.07) is 11.6. The second-order valence-corrected chi connectivity index (χ2v) is 9.78. The average Bonchev–Trinajstić information content (AvgIpc) is 2.91. The monoisotopic (exact) mass is 714 g/mol. The topological polar surface area (TPSA) is 55.4 Å². The van der Waals surface area contributed by atoms with E-state index in [0.29, 0.717) is 34.5 Å². The Bertz CT molecular complexity index is 1130. The molecule has 0 radical (unpaired) electrons. The molecule has 0 aliphatic carbocycles. The molecule has 3 aromatic carbocycles. The Hall–Kier alpha value is -2.60. The van der Waals surface area contributed by atoms with Crippen molar-refractivity contribution in [2.24, 2.45) is 0 Å². The van der Waals surface area contributed by atoms with Gasteiger partial charge in [-0.3, -0.25) is 0 Å². The Balaban J connectivity index is 1.96. The summed E-state index contributed by atoms with van der Waals surface area (Å²) in [5.74, 6) is 4.05. The Kier molecular flexibility index (Phi) is 10.2. The zero-order valence-electron chi connectivity index (χ0n) is 21.0. The summed E-state index contributed by atoms with van der Waals surface area (Å²) in [5.41, 5.74) is 3.84. The van der Waals surface area contributed by atoms with E-state index in [9.17, 15) is 0 Å². The van der Waals surface area contributed by atoms with Crippen molar-refractivity contribution in [2.45, 2.75) is 0 Å². The molecule has 3 rings (SSSR count). The van der Waals surface area contributed by atoms with Gasteiger partial charge in [0.25, 0.3) is 0 Å². The third-order valence-electron chi connectivity index (χ3n) is 5.48. The predicted octanol–water partition coefficient (Wildman–Crippen LogP) is 7.29. The van der Waals surface area contributed by atoms with E-state index in [0.717, 1.165) is 29.4 Å². The molecule has 0 saturated heterocycles. The van der Waals surface area contributed by atoms with Gasteiger partial charge in [0.05, 0.1) is 53.8 Å². The van der Waals surface area contributed by atoms with E-state index >= 15 is 0 Å². The van der Waals surface area contributed by atoms with Crippen LogP contribution >= 0.6 is 45.2 Å². The highest BCUT2D eigenvalue weighted by molar-refractivity contribution is 14.1. The molecule has 0 fully saturated rings. The summed E-state index contributed by atoms with van der Waals surface area (Å²) in [4.78, 5) is 0. The van der Waals surface area contributed by atoms with Crippen LogP contribution in [0, 0.1) is 7.14 Å². The summed E-state index contributed by atoms with van der Waals surface area (Å²) in [6.45, 7) is 0. The van der Waals surface area contributed by atoms with Gasteiger partial charge in [-0.2, -0.15) is 0 Å². The van der Waals surface area contributed by atoms with Gasteiger partial charge in [0.2, 0.25) is 0 Å². The smallest absolute Gasteiger partial charge is 0.133 e. The highest BCUT2D eigenvalue weighted by Crippen LogP contribution is 2.37. The number of ether oxygens (including phenoxy) is 6. The Morgan fingerprint density at radius 3 is 1.00 bits per heavy atom. The molecule has 6 nitrogen and oxygen atoms in total. The molecule has 3 aromatic rings. The van der Waals surface area contributed by atoms with Gasteiger partial charge in [0.15, 0.2) is 0 Å². The van der Waals surface area contributed by atoms with Crippen LogP contribution in [0.2, 0.25) is 0 Å². The van der Waals surface area contributed by atoms with Crippen LogP contribution in [-0.2, 0) is 0 Å². The minimum atomic E-state index is 0.672. The molecule has 0 spiro atoms. The quantitative estimate of drug-likeness (QED) is 0.163. The van der Waals surface area contributed by atoms with Gasteiger partial charge in [0.1, 0.15) is 34.5 Å². The highest BCUT2D eigenvalue weighted by Gasteiger charge is 2.13.